The van der Waals surface area contributed by atoms with E-state index in [1.54, 1.807) is 0 Å². The van der Waals surface area contributed by atoms with Crippen LogP contribution in [0.4, 0.5) is 0 Å². The van der Waals surface area contributed by atoms with Gasteiger partial charge in [0.1, 0.15) is 5.54 Å². The van der Waals surface area contributed by atoms with Crippen molar-refractivity contribution in [2.45, 2.75) is 82.7 Å². The molecule has 2 saturated carbocycles. The van der Waals surface area contributed by atoms with E-state index in [-0.39, 0.29) is 35.9 Å². The summed E-state index contributed by atoms with van der Waals surface area (Å²) >= 11 is 2.01. The van der Waals surface area contributed by atoms with Gasteiger partial charge in [-0.25, -0.2) is 0 Å². The molecule has 0 radical (unpaired) electrons. The Morgan fingerprint density at radius 1 is 1.35 bits per heavy atom. The topological polar surface area (TPSA) is 64.3 Å². The number of ether oxygens (including phenoxy) is 1. The third-order valence-electron chi connectivity index (χ3n) is 5.60. The molecule has 0 aromatic rings. The lowest BCUT2D eigenvalue weighted by Gasteiger charge is -2.57. The molecule has 0 bridgehead atoms. The van der Waals surface area contributed by atoms with E-state index in [1.807, 2.05) is 32.5 Å². The molecule has 136 valence electrons. The van der Waals surface area contributed by atoms with Gasteiger partial charge in [-0.15, -0.1) is 12.4 Å². The molecule has 2 rings (SSSR count). The van der Waals surface area contributed by atoms with Crippen LogP contribution in [-0.2, 0) is 9.53 Å². The van der Waals surface area contributed by atoms with Crippen molar-refractivity contribution in [3.8, 4) is 0 Å². The van der Waals surface area contributed by atoms with Crippen LogP contribution in [0.2, 0.25) is 0 Å². The van der Waals surface area contributed by atoms with Crippen molar-refractivity contribution >= 4 is 30.1 Å². The summed E-state index contributed by atoms with van der Waals surface area (Å²) in [5, 5.41) is 3.92. The third kappa shape index (κ3) is 4.17. The van der Waals surface area contributed by atoms with Crippen molar-refractivity contribution in [1.82, 2.24) is 5.32 Å². The molecule has 0 spiro atoms. The summed E-state index contributed by atoms with van der Waals surface area (Å²) in [6, 6.07) is 0.285. The van der Waals surface area contributed by atoms with E-state index in [2.05, 4.69) is 12.2 Å². The predicted molar refractivity (Wildman–Crippen MR) is 100 cm³/mol. The van der Waals surface area contributed by atoms with Crippen molar-refractivity contribution in [1.29, 1.82) is 0 Å². The second kappa shape index (κ2) is 8.41. The Labute approximate surface area is 151 Å². The molecule has 4 atom stereocenters. The summed E-state index contributed by atoms with van der Waals surface area (Å²) in [5.41, 5.74) is 5.36. The highest BCUT2D eigenvalue weighted by Gasteiger charge is 2.63. The fraction of sp³-hybridized carbons (Fsp3) is 0.941. The molecule has 6 heteroatoms. The van der Waals surface area contributed by atoms with Gasteiger partial charge in [-0.3, -0.25) is 4.79 Å². The first-order valence-electron chi connectivity index (χ1n) is 8.68. The highest BCUT2D eigenvalue weighted by atomic mass is 35.5. The Morgan fingerprint density at radius 3 is 2.61 bits per heavy atom. The Morgan fingerprint density at radius 2 is 2.04 bits per heavy atom. The van der Waals surface area contributed by atoms with Gasteiger partial charge in [0, 0.05) is 29.7 Å². The van der Waals surface area contributed by atoms with E-state index in [0.29, 0.717) is 18.3 Å². The zero-order valence-electron chi connectivity index (χ0n) is 14.9. The first-order valence-corrected chi connectivity index (χ1v) is 9.73. The lowest BCUT2D eigenvalue weighted by Crippen LogP contribution is -2.76. The second-order valence-electron chi connectivity index (χ2n) is 7.26. The normalized spacial score (nSPS) is 35.8. The van der Waals surface area contributed by atoms with Crippen LogP contribution in [0.25, 0.3) is 0 Å². The minimum atomic E-state index is -0.794. The van der Waals surface area contributed by atoms with Crippen molar-refractivity contribution in [3.05, 3.63) is 0 Å². The highest BCUT2D eigenvalue weighted by molar-refractivity contribution is 7.99. The molecule has 2 fully saturated rings. The van der Waals surface area contributed by atoms with E-state index in [9.17, 15) is 4.79 Å². The molecule has 4 unspecified atom stereocenters. The van der Waals surface area contributed by atoms with Gasteiger partial charge in [0.25, 0.3) is 0 Å². The van der Waals surface area contributed by atoms with Gasteiger partial charge in [0.05, 0.1) is 6.10 Å². The van der Waals surface area contributed by atoms with Gasteiger partial charge in [-0.05, 0) is 31.9 Å². The van der Waals surface area contributed by atoms with Crippen LogP contribution in [0, 0.1) is 5.41 Å². The number of rotatable bonds is 6. The number of hydrogen-bond acceptors (Lipinski definition) is 4. The van der Waals surface area contributed by atoms with Gasteiger partial charge < -0.3 is 15.8 Å². The molecule has 0 aromatic heterocycles. The zero-order chi connectivity index (χ0) is 16.4. The Kier molecular flexibility index (Phi) is 7.71. The molecular formula is C17H33ClN2O2S. The minimum absolute atomic E-state index is 0. The number of carbonyl (C=O) groups excluding carboxylic acids is 1. The smallest absolute Gasteiger partial charge is 0.241 e. The molecule has 1 amide bonds. The van der Waals surface area contributed by atoms with Crippen LogP contribution in [-0.4, -0.2) is 41.2 Å². The quantitative estimate of drug-likeness (QED) is 0.760. The molecular weight excluding hydrogens is 332 g/mol. The second-order valence-corrected chi connectivity index (χ2v) is 8.83. The zero-order valence-corrected chi connectivity index (χ0v) is 16.5. The van der Waals surface area contributed by atoms with Gasteiger partial charge >= 0.3 is 0 Å². The summed E-state index contributed by atoms with van der Waals surface area (Å²) in [5.74, 6) is 1.16. The number of nitrogens with one attached hydrogen (secondary N) is 1. The van der Waals surface area contributed by atoms with Gasteiger partial charge in [0.15, 0.2) is 0 Å². The predicted octanol–water partition coefficient (Wildman–Crippen LogP) is 3.12. The van der Waals surface area contributed by atoms with E-state index < -0.39 is 5.54 Å². The largest absolute Gasteiger partial charge is 0.378 e. The fourth-order valence-corrected chi connectivity index (χ4v) is 4.97. The molecule has 0 aliphatic heterocycles. The first-order chi connectivity index (χ1) is 10.3. The van der Waals surface area contributed by atoms with Crippen LogP contribution in [0.15, 0.2) is 0 Å². The Hall–Kier alpha value is 0.0300. The molecule has 2 aliphatic carbocycles. The lowest BCUT2D eigenvalue weighted by atomic mass is 9.54. The fourth-order valence-electron chi connectivity index (χ4n) is 3.80. The highest BCUT2D eigenvalue weighted by Crippen LogP contribution is 2.50. The molecule has 0 heterocycles. The maximum atomic E-state index is 12.7. The van der Waals surface area contributed by atoms with Crippen LogP contribution in [0.3, 0.4) is 0 Å². The van der Waals surface area contributed by atoms with Crippen LogP contribution < -0.4 is 11.1 Å². The summed E-state index contributed by atoms with van der Waals surface area (Å²) in [7, 11) is 0. The van der Waals surface area contributed by atoms with Crippen LogP contribution >= 0.6 is 24.2 Å². The van der Waals surface area contributed by atoms with E-state index in [1.165, 1.54) is 12.8 Å². The van der Waals surface area contributed by atoms with Gasteiger partial charge in [0.2, 0.25) is 5.91 Å². The summed E-state index contributed by atoms with van der Waals surface area (Å²) < 4.78 is 5.71. The number of hydrogen-bond donors (Lipinski definition) is 2. The number of nitrogens with two attached hydrogens (primary N) is 1. The molecule has 2 aliphatic rings. The van der Waals surface area contributed by atoms with E-state index >= 15 is 0 Å². The maximum absolute atomic E-state index is 12.7. The van der Waals surface area contributed by atoms with E-state index in [0.717, 1.165) is 18.6 Å². The van der Waals surface area contributed by atoms with Crippen LogP contribution in [0.5, 0.6) is 0 Å². The number of thioether (sulfide) groups is 1. The molecule has 0 saturated heterocycles. The summed E-state index contributed by atoms with van der Waals surface area (Å²) in [6.45, 7) is 8.96. The monoisotopic (exact) mass is 364 g/mol. The molecule has 23 heavy (non-hydrogen) atoms. The maximum Gasteiger partial charge on any atom is 0.241 e. The number of amides is 1. The van der Waals surface area contributed by atoms with Gasteiger partial charge in [-0.1, -0.05) is 27.2 Å². The molecule has 4 nitrogen and oxygen atoms in total. The first kappa shape index (κ1) is 21.1. The Bertz CT molecular complexity index is 406. The van der Waals surface area contributed by atoms with Gasteiger partial charge in [-0.2, -0.15) is 11.8 Å². The van der Waals surface area contributed by atoms with Crippen molar-refractivity contribution in [3.63, 3.8) is 0 Å². The average Bonchev–Trinajstić information content (AvgIpc) is 2.47. The summed E-state index contributed by atoms with van der Waals surface area (Å²) in [4.78, 5) is 12.7. The minimum Gasteiger partial charge on any atom is -0.378 e. The van der Waals surface area contributed by atoms with E-state index in [4.69, 9.17) is 10.5 Å². The van der Waals surface area contributed by atoms with Crippen LogP contribution in [0.1, 0.15) is 59.8 Å². The number of carbonyl (C=O) groups is 1. The summed E-state index contributed by atoms with van der Waals surface area (Å²) in [6.07, 6.45) is 5.34. The van der Waals surface area contributed by atoms with Crippen molar-refractivity contribution in [2.75, 3.05) is 12.4 Å². The van der Waals surface area contributed by atoms with Crippen molar-refractivity contribution < 1.29 is 9.53 Å². The lowest BCUT2D eigenvalue weighted by molar-refractivity contribution is -0.171. The SMILES string of the molecule is CCOC1CC(N)(C(=O)NC2CCCC(SCC)C2)C1(C)C.Cl. The van der Waals surface area contributed by atoms with Crippen molar-refractivity contribution in [2.24, 2.45) is 11.1 Å². The molecule has 3 N–H and O–H groups in total. The third-order valence-corrected chi connectivity index (χ3v) is 6.83. The molecule has 0 aromatic carbocycles. The standard InChI is InChI=1S/C17H32N2O2S.ClH/c1-5-21-14-11-17(18,16(14,3)4)15(20)19-12-8-7-9-13(10-12)22-6-2;/h12-14H,5-11,18H2,1-4H3,(H,19,20);1H. The average molecular weight is 365 g/mol. The Balaban J connectivity index is 0.00000264. The number of halogens is 1.